The Hall–Kier alpha value is -3.10. The molecule has 0 fully saturated rings. The van der Waals surface area contributed by atoms with E-state index in [0.717, 1.165) is 5.56 Å². The minimum absolute atomic E-state index is 0.106. The number of halogens is 2. The highest BCUT2D eigenvalue weighted by Gasteiger charge is 2.19. The minimum atomic E-state index is -0.590. The average molecular weight is 435 g/mol. The van der Waals surface area contributed by atoms with Crippen molar-refractivity contribution in [2.45, 2.75) is 13.5 Å². The maximum atomic E-state index is 12.6. The van der Waals surface area contributed by atoms with Crippen LogP contribution in [0.25, 0.3) is 0 Å². The lowest BCUT2D eigenvalue weighted by Crippen LogP contribution is -2.16. The standard InChI is InChI=1S/C19H16Cl2N4O4/c1-2-29-16-7-6-12(10-15(16)25(27)28)19(26)23-17-8-9-22-24(17)11-13-4-3-5-14(20)18(13)21/h3-10H,2,11H2,1H3,(H,23,26). The molecule has 1 N–H and O–H groups in total. The molecule has 0 saturated carbocycles. The molecule has 0 saturated heterocycles. The van der Waals surface area contributed by atoms with Gasteiger partial charge in [-0.2, -0.15) is 5.10 Å². The van der Waals surface area contributed by atoms with Crippen molar-refractivity contribution in [2.75, 3.05) is 11.9 Å². The number of hydrogen-bond donors (Lipinski definition) is 1. The molecule has 0 aliphatic heterocycles. The van der Waals surface area contributed by atoms with Gasteiger partial charge in [0.05, 0.1) is 34.3 Å². The predicted molar refractivity (Wildman–Crippen MR) is 110 cm³/mol. The topological polar surface area (TPSA) is 99.3 Å². The summed E-state index contributed by atoms with van der Waals surface area (Å²) in [6, 6.07) is 10.9. The highest BCUT2D eigenvalue weighted by Crippen LogP contribution is 2.29. The van der Waals surface area contributed by atoms with Gasteiger partial charge < -0.3 is 10.1 Å². The third kappa shape index (κ3) is 4.67. The van der Waals surface area contributed by atoms with Crippen LogP contribution in [0.2, 0.25) is 10.0 Å². The zero-order valence-electron chi connectivity index (χ0n) is 15.3. The summed E-state index contributed by atoms with van der Waals surface area (Å²) < 4.78 is 6.77. The van der Waals surface area contributed by atoms with E-state index in [9.17, 15) is 14.9 Å². The van der Waals surface area contributed by atoms with Crippen LogP contribution in [-0.2, 0) is 6.54 Å². The SMILES string of the molecule is CCOc1ccc(C(=O)Nc2ccnn2Cc2cccc(Cl)c2Cl)cc1[N+](=O)[O-]. The van der Waals surface area contributed by atoms with Crippen molar-refractivity contribution in [3.8, 4) is 5.75 Å². The van der Waals surface area contributed by atoms with Crippen molar-refractivity contribution in [3.05, 3.63) is 79.9 Å². The molecule has 0 bridgehead atoms. The highest BCUT2D eigenvalue weighted by atomic mass is 35.5. The Morgan fingerprint density at radius 1 is 1.28 bits per heavy atom. The second-order valence-corrected chi connectivity index (χ2v) is 6.70. The van der Waals surface area contributed by atoms with Gasteiger partial charge in [-0.05, 0) is 30.7 Å². The maximum Gasteiger partial charge on any atom is 0.311 e. The van der Waals surface area contributed by atoms with Gasteiger partial charge in [0, 0.05) is 17.7 Å². The Bertz CT molecular complexity index is 1070. The summed E-state index contributed by atoms with van der Waals surface area (Å²) in [7, 11) is 0. The second kappa shape index (κ2) is 8.93. The van der Waals surface area contributed by atoms with E-state index >= 15 is 0 Å². The van der Waals surface area contributed by atoms with Crippen LogP contribution in [0.15, 0.2) is 48.7 Å². The lowest BCUT2D eigenvalue weighted by molar-refractivity contribution is -0.385. The van der Waals surface area contributed by atoms with Crippen molar-refractivity contribution in [1.82, 2.24) is 9.78 Å². The highest BCUT2D eigenvalue weighted by molar-refractivity contribution is 6.42. The number of amides is 1. The maximum absolute atomic E-state index is 12.6. The zero-order valence-corrected chi connectivity index (χ0v) is 16.8. The molecule has 2 aromatic carbocycles. The first-order valence-electron chi connectivity index (χ1n) is 8.58. The van der Waals surface area contributed by atoms with E-state index in [-0.39, 0.29) is 30.2 Å². The summed E-state index contributed by atoms with van der Waals surface area (Å²) in [6.07, 6.45) is 1.52. The monoisotopic (exact) mass is 434 g/mol. The van der Waals surface area contributed by atoms with E-state index in [4.69, 9.17) is 27.9 Å². The van der Waals surface area contributed by atoms with Crippen LogP contribution >= 0.6 is 23.2 Å². The summed E-state index contributed by atoms with van der Waals surface area (Å²) in [5.74, 6) is -0.00707. The van der Waals surface area contributed by atoms with Crippen molar-refractivity contribution in [1.29, 1.82) is 0 Å². The van der Waals surface area contributed by atoms with E-state index in [2.05, 4.69) is 10.4 Å². The van der Waals surface area contributed by atoms with Crippen molar-refractivity contribution in [3.63, 3.8) is 0 Å². The number of anilines is 1. The molecule has 3 aromatic rings. The first-order valence-corrected chi connectivity index (χ1v) is 9.33. The van der Waals surface area contributed by atoms with Crippen LogP contribution in [0.5, 0.6) is 5.75 Å². The van der Waals surface area contributed by atoms with Gasteiger partial charge in [-0.1, -0.05) is 35.3 Å². The quantitative estimate of drug-likeness (QED) is 0.425. The molecular weight excluding hydrogens is 419 g/mol. The number of ether oxygens (including phenoxy) is 1. The lowest BCUT2D eigenvalue weighted by atomic mass is 10.1. The molecule has 150 valence electrons. The van der Waals surface area contributed by atoms with E-state index < -0.39 is 10.8 Å². The first-order chi connectivity index (χ1) is 13.9. The van der Waals surface area contributed by atoms with Crippen LogP contribution in [0.1, 0.15) is 22.8 Å². The molecular formula is C19H16Cl2N4O4. The third-order valence-electron chi connectivity index (χ3n) is 4.03. The third-order valence-corrected chi connectivity index (χ3v) is 4.89. The van der Waals surface area contributed by atoms with E-state index in [1.807, 2.05) is 0 Å². The number of hydrogen-bond acceptors (Lipinski definition) is 5. The van der Waals surface area contributed by atoms with E-state index in [1.54, 1.807) is 35.9 Å². The molecule has 1 amide bonds. The van der Waals surface area contributed by atoms with Crippen molar-refractivity contribution < 1.29 is 14.5 Å². The van der Waals surface area contributed by atoms with Gasteiger partial charge in [0.2, 0.25) is 0 Å². The molecule has 0 spiro atoms. The van der Waals surface area contributed by atoms with Gasteiger partial charge in [-0.3, -0.25) is 14.9 Å². The zero-order chi connectivity index (χ0) is 21.0. The molecule has 0 radical (unpaired) electrons. The van der Waals surface area contributed by atoms with Crippen LogP contribution in [-0.4, -0.2) is 27.2 Å². The number of carbonyl (C=O) groups excluding carboxylic acids is 1. The fraction of sp³-hybridized carbons (Fsp3) is 0.158. The number of nitrogens with one attached hydrogen (secondary N) is 1. The average Bonchev–Trinajstić information content (AvgIpc) is 3.12. The van der Waals surface area contributed by atoms with Gasteiger partial charge in [-0.25, -0.2) is 4.68 Å². The van der Waals surface area contributed by atoms with Gasteiger partial charge >= 0.3 is 5.69 Å². The minimum Gasteiger partial charge on any atom is -0.487 e. The van der Waals surface area contributed by atoms with Crippen molar-refractivity contribution >= 4 is 40.6 Å². The fourth-order valence-electron chi connectivity index (χ4n) is 2.66. The Morgan fingerprint density at radius 2 is 2.07 bits per heavy atom. The molecule has 1 aromatic heterocycles. The summed E-state index contributed by atoms with van der Waals surface area (Å²) in [6.45, 7) is 2.28. The van der Waals surface area contributed by atoms with E-state index in [1.165, 1.54) is 24.4 Å². The summed E-state index contributed by atoms with van der Waals surface area (Å²) in [4.78, 5) is 23.3. The Labute approximate surface area is 176 Å². The Balaban J connectivity index is 1.82. The molecule has 29 heavy (non-hydrogen) atoms. The van der Waals surface area contributed by atoms with E-state index in [0.29, 0.717) is 15.9 Å². The number of rotatable bonds is 7. The first kappa shape index (κ1) is 20.6. The van der Waals surface area contributed by atoms with Crippen LogP contribution in [0, 0.1) is 10.1 Å². The van der Waals surface area contributed by atoms with Gasteiger partial charge in [-0.15, -0.1) is 0 Å². The molecule has 3 rings (SSSR count). The van der Waals surface area contributed by atoms with Crippen LogP contribution < -0.4 is 10.1 Å². The number of benzene rings is 2. The molecule has 0 aliphatic rings. The smallest absolute Gasteiger partial charge is 0.311 e. The predicted octanol–water partition coefficient (Wildman–Crippen LogP) is 4.80. The lowest BCUT2D eigenvalue weighted by Gasteiger charge is -2.11. The van der Waals surface area contributed by atoms with Gasteiger partial charge in [0.15, 0.2) is 5.75 Å². The number of nitro groups is 1. The Morgan fingerprint density at radius 3 is 2.79 bits per heavy atom. The Kier molecular flexibility index (Phi) is 6.36. The molecule has 0 unspecified atom stereocenters. The molecule has 0 atom stereocenters. The largest absolute Gasteiger partial charge is 0.487 e. The second-order valence-electron chi connectivity index (χ2n) is 5.91. The fourth-order valence-corrected chi connectivity index (χ4v) is 3.04. The van der Waals surface area contributed by atoms with Gasteiger partial charge in [0.1, 0.15) is 5.82 Å². The number of carbonyl (C=O) groups is 1. The van der Waals surface area contributed by atoms with Crippen LogP contribution in [0.4, 0.5) is 11.5 Å². The molecule has 10 heteroatoms. The number of nitrogens with zero attached hydrogens (tertiary/aromatic N) is 3. The molecule has 0 aliphatic carbocycles. The summed E-state index contributed by atoms with van der Waals surface area (Å²) in [5.41, 5.74) is 0.572. The number of nitro benzene ring substituents is 1. The molecule has 1 heterocycles. The van der Waals surface area contributed by atoms with Crippen LogP contribution in [0.3, 0.4) is 0 Å². The molecule has 8 nitrogen and oxygen atoms in total. The van der Waals surface area contributed by atoms with Crippen molar-refractivity contribution in [2.24, 2.45) is 0 Å². The normalized spacial score (nSPS) is 10.6. The summed E-state index contributed by atoms with van der Waals surface area (Å²) in [5, 5.41) is 19.0. The van der Waals surface area contributed by atoms with Gasteiger partial charge in [0.25, 0.3) is 5.91 Å². The summed E-state index contributed by atoms with van der Waals surface area (Å²) >= 11 is 12.3. The number of aromatic nitrogens is 2.